The summed E-state index contributed by atoms with van der Waals surface area (Å²) in [7, 11) is 0. The van der Waals surface area contributed by atoms with E-state index >= 15 is 0 Å². The smallest absolute Gasteiger partial charge is 0.341 e. The topological polar surface area (TPSA) is 35.5 Å². The van der Waals surface area contributed by atoms with E-state index in [1.165, 1.54) is 43.2 Å². The first-order valence-corrected chi connectivity index (χ1v) is 9.23. The lowest BCUT2D eigenvalue weighted by atomic mass is 9.67. The molecule has 128 valence electrons. The van der Waals surface area contributed by atoms with E-state index in [0.29, 0.717) is 5.92 Å². The fourth-order valence-electron chi connectivity index (χ4n) is 4.76. The number of hydrogen-bond donors (Lipinski definition) is 0. The minimum atomic E-state index is -0.881. The van der Waals surface area contributed by atoms with E-state index in [-0.39, 0.29) is 17.8 Å². The number of cyclic esters (lactones) is 1. The largest absolute Gasteiger partial charge is 0.456 e. The maximum Gasteiger partial charge on any atom is 0.341 e. The number of hydrogen-bond acceptors (Lipinski definition) is 3. The second-order valence-electron chi connectivity index (χ2n) is 7.90. The van der Waals surface area contributed by atoms with Crippen LogP contribution in [0.1, 0.15) is 75.8 Å². The third-order valence-corrected chi connectivity index (χ3v) is 5.80. The first kappa shape index (κ1) is 15.7. The summed E-state index contributed by atoms with van der Waals surface area (Å²) in [6, 6.07) is 8.56. The van der Waals surface area contributed by atoms with Crippen LogP contribution < -0.4 is 0 Å². The highest BCUT2D eigenvalue weighted by atomic mass is 16.7. The Labute approximate surface area is 144 Å². The fraction of sp³-hybridized carbons (Fsp3) is 0.571. The highest BCUT2D eigenvalue weighted by Crippen LogP contribution is 2.52. The number of rotatable bonds is 1. The molecule has 0 amide bonds. The molecule has 1 heterocycles. The van der Waals surface area contributed by atoms with Crippen molar-refractivity contribution in [2.45, 2.75) is 70.5 Å². The van der Waals surface area contributed by atoms with E-state index in [1.807, 2.05) is 13.8 Å². The van der Waals surface area contributed by atoms with Crippen molar-refractivity contribution >= 4 is 5.97 Å². The number of benzene rings is 1. The third-order valence-electron chi connectivity index (χ3n) is 5.80. The van der Waals surface area contributed by atoms with Crippen LogP contribution in [0.15, 0.2) is 35.6 Å². The molecule has 0 radical (unpaired) electrons. The van der Waals surface area contributed by atoms with Gasteiger partial charge in [0, 0.05) is 25.7 Å². The van der Waals surface area contributed by atoms with Crippen molar-refractivity contribution in [1.82, 2.24) is 0 Å². The first-order chi connectivity index (χ1) is 11.5. The van der Waals surface area contributed by atoms with Crippen molar-refractivity contribution in [1.29, 1.82) is 0 Å². The zero-order chi connectivity index (χ0) is 16.9. The van der Waals surface area contributed by atoms with Gasteiger partial charge in [0.2, 0.25) is 5.79 Å². The van der Waals surface area contributed by atoms with Crippen LogP contribution in [-0.2, 0) is 14.3 Å². The minimum Gasteiger partial charge on any atom is -0.456 e. The molecule has 24 heavy (non-hydrogen) atoms. The van der Waals surface area contributed by atoms with Gasteiger partial charge in [-0.3, -0.25) is 0 Å². The summed E-state index contributed by atoms with van der Waals surface area (Å²) in [4.78, 5) is 12.9. The van der Waals surface area contributed by atoms with Gasteiger partial charge >= 0.3 is 5.97 Å². The zero-order valence-corrected chi connectivity index (χ0v) is 14.8. The standard InChI is InChI=1S/C21H26O3/c1-13-15-11-7-8-12-16(15)17(14-9-5-4-6-10-14)18-19(13)23-21(2,3)24-20(18)22/h7-8,11-14,17H,4-6,9-10H2,1-3H3/t13-,17+/m1/s1. The van der Waals surface area contributed by atoms with E-state index in [2.05, 4.69) is 31.2 Å². The van der Waals surface area contributed by atoms with Crippen molar-refractivity contribution in [2.75, 3.05) is 0 Å². The van der Waals surface area contributed by atoms with Gasteiger partial charge in [0.1, 0.15) is 5.76 Å². The van der Waals surface area contributed by atoms with Gasteiger partial charge in [0.15, 0.2) is 0 Å². The Morgan fingerprint density at radius 2 is 1.67 bits per heavy atom. The van der Waals surface area contributed by atoms with Crippen molar-refractivity contribution in [3.8, 4) is 0 Å². The summed E-state index contributed by atoms with van der Waals surface area (Å²) in [6.07, 6.45) is 6.18. The van der Waals surface area contributed by atoms with E-state index in [0.717, 1.165) is 11.3 Å². The number of allylic oxidation sites excluding steroid dienone is 1. The van der Waals surface area contributed by atoms with Crippen LogP contribution in [-0.4, -0.2) is 11.8 Å². The highest BCUT2D eigenvalue weighted by molar-refractivity contribution is 5.93. The number of carbonyl (C=O) groups is 1. The van der Waals surface area contributed by atoms with Crippen LogP contribution in [0.4, 0.5) is 0 Å². The van der Waals surface area contributed by atoms with Crippen LogP contribution >= 0.6 is 0 Å². The molecule has 0 unspecified atom stereocenters. The van der Waals surface area contributed by atoms with Gasteiger partial charge in [-0.1, -0.05) is 50.5 Å². The zero-order valence-electron chi connectivity index (χ0n) is 14.8. The Balaban J connectivity index is 1.87. The average molecular weight is 326 g/mol. The minimum absolute atomic E-state index is 0.100. The average Bonchev–Trinajstić information content (AvgIpc) is 2.56. The summed E-state index contributed by atoms with van der Waals surface area (Å²) in [6.45, 7) is 5.77. The number of ether oxygens (including phenoxy) is 2. The Morgan fingerprint density at radius 3 is 2.38 bits per heavy atom. The Bertz CT molecular complexity index is 695. The summed E-state index contributed by atoms with van der Waals surface area (Å²) < 4.78 is 11.8. The van der Waals surface area contributed by atoms with Crippen molar-refractivity contribution < 1.29 is 14.3 Å². The fourth-order valence-corrected chi connectivity index (χ4v) is 4.76. The second-order valence-corrected chi connectivity index (χ2v) is 7.90. The molecule has 1 aromatic carbocycles. The maximum atomic E-state index is 12.9. The lowest BCUT2D eigenvalue weighted by Crippen LogP contribution is -2.42. The maximum absolute atomic E-state index is 12.9. The molecule has 2 aliphatic carbocycles. The summed E-state index contributed by atoms with van der Waals surface area (Å²) in [5.74, 6) is 0.506. The summed E-state index contributed by atoms with van der Waals surface area (Å²) >= 11 is 0. The van der Waals surface area contributed by atoms with Crippen LogP contribution in [0, 0.1) is 5.92 Å². The molecule has 0 spiro atoms. The number of fused-ring (bicyclic) bond motifs is 1. The molecule has 2 atom stereocenters. The Morgan fingerprint density at radius 1 is 1.00 bits per heavy atom. The second kappa shape index (κ2) is 5.65. The highest BCUT2D eigenvalue weighted by Gasteiger charge is 2.47. The molecule has 4 rings (SSSR count). The van der Waals surface area contributed by atoms with Crippen molar-refractivity contribution in [3.63, 3.8) is 0 Å². The lowest BCUT2D eigenvalue weighted by Gasteiger charge is -2.44. The molecular formula is C21H26O3. The van der Waals surface area contributed by atoms with Gasteiger partial charge in [0.05, 0.1) is 5.57 Å². The molecule has 0 N–H and O–H groups in total. The van der Waals surface area contributed by atoms with Crippen LogP contribution in [0.2, 0.25) is 0 Å². The van der Waals surface area contributed by atoms with Crippen LogP contribution in [0.5, 0.6) is 0 Å². The van der Waals surface area contributed by atoms with Crippen LogP contribution in [0.3, 0.4) is 0 Å². The van der Waals surface area contributed by atoms with Gasteiger partial charge in [-0.05, 0) is 29.9 Å². The van der Waals surface area contributed by atoms with Gasteiger partial charge in [-0.25, -0.2) is 4.79 Å². The van der Waals surface area contributed by atoms with E-state index in [1.54, 1.807) is 0 Å². The number of esters is 1. The van der Waals surface area contributed by atoms with Gasteiger partial charge < -0.3 is 9.47 Å². The molecular weight excluding hydrogens is 300 g/mol. The van der Waals surface area contributed by atoms with Gasteiger partial charge in [0.25, 0.3) is 0 Å². The molecule has 3 nitrogen and oxygen atoms in total. The summed E-state index contributed by atoms with van der Waals surface area (Å²) in [5.41, 5.74) is 3.39. The first-order valence-electron chi connectivity index (χ1n) is 9.23. The predicted molar refractivity (Wildman–Crippen MR) is 92.5 cm³/mol. The molecule has 0 aromatic heterocycles. The van der Waals surface area contributed by atoms with Crippen molar-refractivity contribution in [2.24, 2.45) is 5.92 Å². The molecule has 0 saturated heterocycles. The molecule has 3 heteroatoms. The van der Waals surface area contributed by atoms with Gasteiger partial charge in [-0.2, -0.15) is 0 Å². The molecule has 0 bridgehead atoms. The van der Waals surface area contributed by atoms with Crippen LogP contribution in [0.25, 0.3) is 0 Å². The van der Waals surface area contributed by atoms with E-state index < -0.39 is 5.79 Å². The predicted octanol–water partition coefficient (Wildman–Crippen LogP) is 5.03. The van der Waals surface area contributed by atoms with Crippen molar-refractivity contribution in [3.05, 3.63) is 46.7 Å². The molecule has 3 aliphatic rings. The lowest BCUT2D eigenvalue weighted by molar-refractivity contribution is -0.210. The Kier molecular flexibility index (Phi) is 3.70. The SMILES string of the molecule is C[C@H]1C2=C(C(=O)OC(C)(C)O2)[C@@H](C2CCCCC2)c2ccccc21. The van der Waals surface area contributed by atoms with Gasteiger partial charge in [-0.15, -0.1) is 0 Å². The quantitative estimate of drug-likeness (QED) is 0.679. The molecule has 1 aliphatic heterocycles. The Hall–Kier alpha value is -1.77. The normalized spacial score (nSPS) is 29.4. The number of carbonyl (C=O) groups excluding carboxylic acids is 1. The molecule has 1 saturated carbocycles. The van der Waals surface area contributed by atoms with E-state index in [9.17, 15) is 4.79 Å². The van der Waals surface area contributed by atoms with E-state index in [4.69, 9.17) is 9.47 Å². The molecule has 1 fully saturated rings. The molecule has 1 aromatic rings. The monoisotopic (exact) mass is 326 g/mol. The third kappa shape index (κ3) is 2.45. The summed E-state index contributed by atoms with van der Waals surface area (Å²) in [5, 5.41) is 0.